The minimum atomic E-state index is 0. The first-order valence-electron chi connectivity index (χ1n) is 17.8. The Morgan fingerprint density at radius 1 is 0.878 bits per heavy atom. The van der Waals surface area contributed by atoms with Gasteiger partial charge in [0.05, 0.1) is 19.3 Å². The number of ether oxygens (including phenoxy) is 4. The van der Waals surface area contributed by atoms with E-state index in [-0.39, 0.29) is 63.6 Å². The number of hydrogen-bond donors (Lipinski definition) is 0. The summed E-state index contributed by atoms with van der Waals surface area (Å²) in [7, 11) is 2.43. The SMILES string of the molecule is CC(=O)Cc1cc(C=O)ccc1OCCCc1ccc(OCCCCOC2CCCCC2)cc1.CC1CCC(C=O)C1.CCOC.C[O-].[K+]. The first-order chi connectivity index (χ1) is 23.4. The van der Waals surface area contributed by atoms with E-state index >= 15 is 0 Å². The molecule has 2 fully saturated rings. The van der Waals surface area contributed by atoms with Crippen molar-refractivity contribution in [1.82, 2.24) is 0 Å². The topological polar surface area (TPSA) is 111 Å². The molecule has 2 atom stereocenters. The van der Waals surface area contributed by atoms with Crippen LogP contribution in [0.15, 0.2) is 42.5 Å². The van der Waals surface area contributed by atoms with E-state index < -0.39 is 0 Å². The van der Waals surface area contributed by atoms with E-state index in [1.165, 1.54) is 51.0 Å². The fourth-order valence-corrected chi connectivity index (χ4v) is 5.68. The molecule has 0 radical (unpaired) electrons. The van der Waals surface area contributed by atoms with Gasteiger partial charge in [-0.3, -0.25) is 9.59 Å². The standard InChI is InChI=1S/C29H38O5.C7H12O.C3H8O.CH3O.K/c1-23(31)20-26-21-25(22-30)13-16-29(26)34-19-7-8-24-11-14-28(15-12-24)33-18-6-5-17-32-27-9-3-2-4-10-27;1-6-2-3-7(4-6)5-8;1-3-4-2;1-2;/h11-16,21-22,27H,2-10,17-20H2,1H3;5-7H,2-4H2,1H3;3H2,1-2H3;1H3;/q;;;-1;+1. The number of benzene rings is 2. The van der Waals surface area contributed by atoms with E-state index in [2.05, 4.69) is 23.8 Å². The van der Waals surface area contributed by atoms with E-state index in [1.807, 2.05) is 19.1 Å². The van der Waals surface area contributed by atoms with Crippen molar-refractivity contribution in [2.45, 2.75) is 110 Å². The number of hydrogen-bond acceptors (Lipinski definition) is 8. The molecule has 0 heterocycles. The van der Waals surface area contributed by atoms with Crippen LogP contribution in [0.5, 0.6) is 11.5 Å². The van der Waals surface area contributed by atoms with Crippen LogP contribution in [0.2, 0.25) is 0 Å². The predicted molar refractivity (Wildman–Crippen MR) is 190 cm³/mol. The zero-order chi connectivity index (χ0) is 35.4. The Morgan fingerprint density at radius 2 is 1.53 bits per heavy atom. The molecule has 0 aromatic heterocycles. The molecule has 0 spiro atoms. The van der Waals surface area contributed by atoms with Crippen molar-refractivity contribution in [1.29, 1.82) is 0 Å². The Labute approximate surface area is 338 Å². The number of carbonyl (C=O) groups is 3. The molecule has 4 rings (SSSR count). The third-order valence-electron chi connectivity index (χ3n) is 8.38. The van der Waals surface area contributed by atoms with Crippen LogP contribution < -0.4 is 66.0 Å². The molecule has 0 bridgehead atoms. The summed E-state index contributed by atoms with van der Waals surface area (Å²) in [6.45, 7) is 8.63. The molecular weight excluding hydrogens is 648 g/mol. The van der Waals surface area contributed by atoms with Crippen molar-refractivity contribution in [2.24, 2.45) is 11.8 Å². The van der Waals surface area contributed by atoms with Crippen molar-refractivity contribution in [3.8, 4) is 11.5 Å². The Bertz CT molecular complexity index is 1120. The van der Waals surface area contributed by atoms with Gasteiger partial charge in [-0.15, -0.1) is 0 Å². The van der Waals surface area contributed by atoms with Crippen LogP contribution in [0, 0.1) is 11.8 Å². The van der Waals surface area contributed by atoms with Crippen LogP contribution in [0.4, 0.5) is 0 Å². The van der Waals surface area contributed by atoms with E-state index in [0.29, 0.717) is 36.5 Å². The molecular formula is C40H61KO8. The van der Waals surface area contributed by atoms with Gasteiger partial charge in [0.1, 0.15) is 29.9 Å². The molecule has 0 aliphatic heterocycles. The monoisotopic (exact) mass is 708 g/mol. The molecule has 0 N–H and O–H groups in total. The zero-order valence-electron chi connectivity index (χ0n) is 31.2. The first kappa shape index (κ1) is 47.6. The fraction of sp³-hybridized carbons (Fsp3) is 0.625. The summed E-state index contributed by atoms with van der Waals surface area (Å²) >= 11 is 0. The van der Waals surface area contributed by atoms with E-state index in [9.17, 15) is 14.4 Å². The number of rotatable bonds is 17. The molecule has 2 aliphatic rings. The summed E-state index contributed by atoms with van der Waals surface area (Å²) in [5, 5.41) is 8.25. The summed E-state index contributed by atoms with van der Waals surface area (Å²) in [6, 6.07) is 13.5. The number of aryl methyl sites for hydroxylation is 1. The number of unbranched alkanes of at least 4 members (excludes halogenated alkanes) is 1. The Kier molecular flexibility index (Phi) is 30.4. The maximum absolute atomic E-state index is 11.5. The molecule has 2 aromatic rings. The van der Waals surface area contributed by atoms with E-state index in [0.717, 1.165) is 88.7 Å². The van der Waals surface area contributed by atoms with Gasteiger partial charge in [-0.2, -0.15) is 7.11 Å². The van der Waals surface area contributed by atoms with Gasteiger partial charge < -0.3 is 28.8 Å². The summed E-state index contributed by atoms with van der Waals surface area (Å²) in [5.74, 6) is 2.81. The first-order valence-corrected chi connectivity index (χ1v) is 17.8. The van der Waals surface area contributed by atoms with Gasteiger partial charge in [0.2, 0.25) is 0 Å². The number of ketones is 1. The second-order valence-electron chi connectivity index (χ2n) is 12.5. The van der Waals surface area contributed by atoms with Gasteiger partial charge in [-0.25, -0.2) is 0 Å². The quantitative estimate of drug-likeness (QED) is 0.135. The summed E-state index contributed by atoms with van der Waals surface area (Å²) < 4.78 is 22.3. The number of methoxy groups -OCH3 is 1. The minimum Gasteiger partial charge on any atom is -0.857 e. The molecule has 0 saturated heterocycles. The smallest absolute Gasteiger partial charge is 0.857 e. The van der Waals surface area contributed by atoms with Crippen molar-refractivity contribution < 1.29 is 89.8 Å². The minimum absolute atomic E-state index is 0. The van der Waals surface area contributed by atoms with Crippen LogP contribution >= 0.6 is 0 Å². The maximum atomic E-state index is 11.5. The van der Waals surface area contributed by atoms with Gasteiger partial charge >= 0.3 is 51.4 Å². The molecule has 2 saturated carbocycles. The molecule has 8 nitrogen and oxygen atoms in total. The third-order valence-corrected chi connectivity index (χ3v) is 8.38. The molecule has 2 unspecified atom stereocenters. The van der Waals surface area contributed by atoms with Crippen molar-refractivity contribution >= 4 is 18.4 Å². The maximum Gasteiger partial charge on any atom is 1.00 e. The van der Waals surface area contributed by atoms with Crippen molar-refractivity contribution in [3.05, 3.63) is 59.2 Å². The van der Waals surface area contributed by atoms with Crippen LogP contribution in [-0.2, 0) is 31.9 Å². The van der Waals surface area contributed by atoms with E-state index in [1.54, 1.807) is 25.3 Å². The Morgan fingerprint density at radius 3 is 2.08 bits per heavy atom. The van der Waals surface area contributed by atoms with Crippen molar-refractivity contribution in [2.75, 3.05) is 40.6 Å². The third kappa shape index (κ3) is 22.9. The Hall–Kier alpha value is -1.43. The molecule has 0 amide bonds. The second kappa shape index (κ2) is 31.3. The summed E-state index contributed by atoms with van der Waals surface area (Å²) in [4.78, 5) is 32.7. The molecule has 49 heavy (non-hydrogen) atoms. The molecule has 2 aliphatic carbocycles. The number of aldehydes is 2. The fourth-order valence-electron chi connectivity index (χ4n) is 5.68. The van der Waals surface area contributed by atoms with Crippen LogP contribution in [-0.4, -0.2) is 65.1 Å². The average molecular weight is 709 g/mol. The van der Waals surface area contributed by atoms with Gasteiger partial charge in [0, 0.05) is 43.8 Å². The van der Waals surface area contributed by atoms with Crippen LogP contribution in [0.25, 0.3) is 0 Å². The summed E-state index contributed by atoms with van der Waals surface area (Å²) in [6.07, 6.45) is 16.4. The average Bonchev–Trinajstić information content (AvgIpc) is 3.56. The van der Waals surface area contributed by atoms with E-state index in [4.69, 9.17) is 19.3 Å². The van der Waals surface area contributed by atoms with Gasteiger partial charge in [0.25, 0.3) is 0 Å². The van der Waals surface area contributed by atoms with Crippen LogP contribution in [0.3, 0.4) is 0 Å². The number of Topliss-reactive ketones (excluding diaryl/α,β-unsaturated/α-hetero) is 1. The molecule has 9 heteroatoms. The van der Waals surface area contributed by atoms with Gasteiger partial charge in [-0.05, 0) is 107 Å². The second-order valence-corrected chi connectivity index (χ2v) is 12.5. The van der Waals surface area contributed by atoms with Gasteiger partial charge in [-0.1, -0.05) is 44.7 Å². The zero-order valence-corrected chi connectivity index (χ0v) is 34.3. The molecule has 2 aromatic carbocycles. The van der Waals surface area contributed by atoms with Crippen LogP contribution in [0.1, 0.15) is 113 Å². The summed E-state index contributed by atoms with van der Waals surface area (Å²) in [5.41, 5.74) is 2.55. The largest absolute Gasteiger partial charge is 1.00 e. The number of carbonyl (C=O) groups excluding carboxylic acids is 3. The predicted octanol–water partition coefficient (Wildman–Crippen LogP) is 4.41. The van der Waals surface area contributed by atoms with Crippen molar-refractivity contribution in [3.63, 3.8) is 0 Å². The Balaban J connectivity index is 0.00000129. The molecule has 270 valence electrons. The normalized spacial score (nSPS) is 16.6. The van der Waals surface area contributed by atoms with Gasteiger partial charge in [0.15, 0.2) is 0 Å².